The second kappa shape index (κ2) is 6.20. The van der Waals surface area contributed by atoms with Crippen molar-refractivity contribution in [2.45, 2.75) is 12.6 Å². The number of nitriles is 1. The summed E-state index contributed by atoms with van der Waals surface area (Å²) in [5, 5.41) is 12.4. The first-order valence-electron chi connectivity index (χ1n) is 6.75. The minimum Gasteiger partial charge on any atom is -0.342 e. The third-order valence-electron chi connectivity index (χ3n) is 3.87. The predicted octanol–water partition coefficient (Wildman–Crippen LogP) is 0.232. The molecular formula is C14H23N5. The zero-order valence-corrected chi connectivity index (χ0v) is 12.1. The van der Waals surface area contributed by atoms with Gasteiger partial charge in [0.1, 0.15) is 11.8 Å². The maximum Gasteiger partial charge on any atom is 0.120 e. The normalized spacial score (nSPS) is 21.5. The van der Waals surface area contributed by atoms with Crippen LogP contribution >= 0.6 is 0 Å². The molecule has 1 atom stereocenters. The van der Waals surface area contributed by atoms with E-state index < -0.39 is 0 Å². The Labute approximate surface area is 115 Å². The van der Waals surface area contributed by atoms with Gasteiger partial charge in [-0.15, -0.1) is 0 Å². The Morgan fingerprint density at radius 2 is 2.16 bits per heavy atom. The van der Waals surface area contributed by atoms with Crippen LogP contribution in [0.15, 0.2) is 12.3 Å². The minimum atomic E-state index is 0.567. The smallest absolute Gasteiger partial charge is 0.120 e. The predicted molar refractivity (Wildman–Crippen MR) is 75.7 cm³/mol. The molecule has 0 bridgehead atoms. The van der Waals surface area contributed by atoms with Gasteiger partial charge in [0.05, 0.1) is 0 Å². The van der Waals surface area contributed by atoms with Crippen molar-refractivity contribution in [3.05, 3.63) is 23.5 Å². The maximum absolute atomic E-state index is 8.92. The molecule has 2 rings (SSSR count). The summed E-state index contributed by atoms with van der Waals surface area (Å²) in [5.74, 6) is 0. The second-order valence-electron chi connectivity index (χ2n) is 5.48. The van der Waals surface area contributed by atoms with Crippen LogP contribution in [0.2, 0.25) is 0 Å². The average Bonchev–Trinajstić information content (AvgIpc) is 2.74. The molecule has 1 aromatic rings. The van der Waals surface area contributed by atoms with Gasteiger partial charge < -0.3 is 14.8 Å². The molecule has 5 nitrogen and oxygen atoms in total. The SMILES string of the molecule is CN1CCN(C)C(CNCc2cc(C#N)n(C)c2)C1. The third-order valence-corrected chi connectivity index (χ3v) is 3.87. The quantitative estimate of drug-likeness (QED) is 0.843. The summed E-state index contributed by atoms with van der Waals surface area (Å²) in [6, 6.07) is 4.70. The molecule has 1 N–H and O–H groups in total. The molecule has 1 fully saturated rings. The first-order valence-corrected chi connectivity index (χ1v) is 6.75. The van der Waals surface area contributed by atoms with Gasteiger partial charge in [-0.25, -0.2) is 0 Å². The van der Waals surface area contributed by atoms with Gasteiger partial charge in [0, 0.05) is 52.0 Å². The van der Waals surface area contributed by atoms with Crippen molar-refractivity contribution in [2.24, 2.45) is 7.05 Å². The molecule has 0 amide bonds. The van der Waals surface area contributed by atoms with Crippen molar-refractivity contribution < 1.29 is 0 Å². The molecule has 0 aromatic carbocycles. The minimum absolute atomic E-state index is 0.567. The second-order valence-corrected chi connectivity index (χ2v) is 5.48. The summed E-state index contributed by atoms with van der Waals surface area (Å²) in [5.41, 5.74) is 1.89. The summed E-state index contributed by atoms with van der Waals surface area (Å²) >= 11 is 0. The van der Waals surface area contributed by atoms with E-state index in [9.17, 15) is 0 Å². The highest BCUT2D eigenvalue weighted by molar-refractivity contribution is 5.28. The summed E-state index contributed by atoms with van der Waals surface area (Å²) in [4.78, 5) is 4.79. The highest BCUT2D eigenvalue weighted by atomic mass is 15.3. The van der Waals surface area contributed by atoms with Gasteiger partial charge in [-0.05, 0) is 25.7 Å². The Morgan fingerprint density at radius 1 is 1.37 bits per heavy atom. The number of aromatic nitrogens is 1. The first kappa shape index (κ1) is 14.1. The van der Waals surface area contributed by atoms with Gasteiger partial charge in [-0.2, -0.15) is 5.26 Å². The average molecular weight is 261 g/mol. The van der Waals surface area contributed by atoms with Crippen molar-refractivity contribution in [3.63, 3.8) is 0 Å². The van der Waals surface area contributed by atoms with Crippen molar-refractivity contribution in [1.82, 2.24) is 19.7 Å². The van der Waals surface area contributed by atoms with Gasteiger partial charge in [0.2, 0.25) is 0 Å². The number of aryl methyl sites for hydroxylation is 1. The summed E-state index contributed by atoms with van der Waals surface area (Å²) in [6.45, 7) is 5.20. The van der Waals surface area contributed by atoms with E-state index in [1.54, 1.807) is 0 Å². The van der Waals surface area contributed by atoms with Crippen LogP contribution < -0.4 is 5.32 Å². The van der Waals surface area contributed by atoms with E-state index in [1.165, 1.54) is 5.56 Å². The summed E-state index contributed by atoms with van der Waals surface area (Å²) in [7, 11) is 6.28. The number of nitrogens with zero attached hydrogens (tertiary/aromatic N) is 4. The molecule has 19 heavy (non-hydrogen) atoms. The zero-order valence-electron chi connectivity index (χ0n) is 12.1. The van der Waals surface area contributed by atoms with Crippen molar-refractivity contribution in [3.8, 4) is 6.07 Å². The number of nitrogens with one attached hydrogen (secondary N) is 1. The standard InChI is InChI=1S/C14H23N5/c1-17-4-5-18(2)14(11-17)9-16-8-12-6-13(7-15)19(3)10-12/h6,10,14,16H,4-5,8-9,11H2,1-3H3. The first-order chi connectivity index (χ1) is 9.10. The van der Waals surface area contributed by atoms with E-state index in [1.807, 2.05) is 23.9 Å². The Balaban J connectivity index is 1.81. The van der Waals surface area contributed by atoms with Gasteiger partial charge in [-0.3, -0.25) is 4.90 Å². The molecule has 0 saturated carbocycles. The Bertz CT molecular complexity index is 459. The Morgan fingerprint density at radius 3 is 2.84 bits per heavy atom. The number of piperazine rings is 1. The van der Waals surface area contributed by atoms with Crippen LogP contribution in [0.1, 0.15) is 11.3 Å². The Hall–Kier alpha value is -1.35. The summed E-state index contributed by atoms with van der Waals surface area (Å²) in [6.07, 6.45) is 2.02. The highest BCUT2D eigenvalue weighted by Crippen LogP contribution is 2.07. The molecule has 1 unspecified atom stereocenters. The van der Waals surface area contributed by atoms with E-state index >= 15 is 0 Å². The zero-order chi connectivity index (χ0) is 13.8. The largest absolute Gasteiger partial charge is 0.342 e. The van der Waals surface area contributed by atoms with Crippen LogP contribution in [0.3, 0.4) is 0 Å². The number of likely N-dealkylation sites (N-methyl/N-ethyl adjacent to an activating group) is 2. The van der Waals surface area contributed by atoms with E-state index in [4.69, 9.17) is 5.26 Å². The van der Waals surface area contributed by atoms with Crippen LogP contribution in [0.25, 0.3) is 0 Å². The number of rotatable bonds is 4. The molecule has 5 heteroatoms. The Kier molecular flexibility index (Phi) is 4.59. The monoisotopic (exact) mass is 261 g/mol. The van der Waals surface area contributed by atoms with Gasteiger partial charge in [0.15, 0.2) is 0 Å². The van der Waals surface area contributed by atoms with Crippen molar-refractivity contribution >= 4 is 0 Å². The fourth-order valence-electron chi connectivity index (χ4n) is 2.55. The van der Waals surface area contributed by atoms with Crippen LogP contribution in [0.4, 0.5) is 0 Å². The molecule has 1 aromatic heterocycles. The molecule has 1 aliphatic heterocycles. The molecule has 2 heterocycles. The van der Waals surface area contributed by atoms with Gasteiger partial charge >= 0.3 is 0 Å². The van der Waals surface area contributed by atoms with Crippen LogP contribution in [-0.2, 0) is 13.6 Å². The number of hydrogen-bond acceptors (Lipinski definition) is 4. The molecule has 0 spiro atoms. The fraction of sp³-hybridized carbons (Fsp3) is 0.643. The van der Waals surface area contributed by atoms with E-state index in [2.05, 4.69) is 35.3 Å². The lowest BCUT2D eigenvalue weighted by molar-refractivity contribution is 0.113. The molecule has 104 valence electrons. The van der Waals surface area contributed by atoms with Crippen LogP contribution in [-0.4, -0.2) is 60.7 Å². The summed E-state index contributed by atoms with van der Waals surface area (Å²) < 4.78 is 1.87. The van der Waals surface area contributed by atoms with Crippen LogP contribution in [0.5, 0.6) is 0 Å². The lowest BCUT2D eigenvalue weighted by Crippen LogP contribution is -2.53. The molecule has 0 aliphatic carbocycles. The van der Waals surface area contributed by atoms with E-state index in [0.29, 0.717) is 11.7 Å². The fourth-order valence-corrected chi connectivity index (χ4v) is 2.55. The van der Waals surface area contributed by atoms with E-state index in [-0.39, 0.29) is 0 Å². The maximum atomic E-state index is 8.92. The van der Waals surface area contributed by atoms with Crippen molar-refractivity contribution in [1.29, 1.82) is 5.26 Å². The lowest BCUT2D eigenvalue weighted by atomic mass is 10.2. The van der Waals surface area contributed by atoms with Gasteiger partial charge in [-0.1, -0.05) is 0 Å². The third kappa shape index (κ3) is 3.57. The lowest BCUT2D eigenvalue weighted by Gasteiger charge is -2.37. The number of hydrogen-bond donors (Lipinski definition) is 1. The molecule has 1 saturated heterocycles. The van der Waals surface area contributed by atoms with Crippen LogP contribution in [0, 0.1) is 11.3 Å². The van der Waals surface area contributed by atoms with Gasteiger partial charge in [0.25, 0.3) is 0 Å². The topological polar surface area (TPSA) is 47.2 Å². The molecule has 0 radical (unpaired) electrons. The molecule has 1 aliphatic rings. The van der Waals surface area contributed by atoms with Crippen molar-refractivity contribution in [2.75, 3.05) is 40.3 Å². The molecular weight excluding hydrogens is 238 g/mol. The highest BCUT2D eigenvalue weighted by Gasteiger charge is 2.21. The van der Waals surface area contributed by atoms with E-state index in [0.717, 1.165) is 32.7 Å².